The van der Waals surface area contributed by atoms with E-state index in [0.29, 0.717) is 37.3 Å². The molecule has 0 aliphatic carbocycles. The Labute approximate surface area is 331 Å². The highest BCUT2D eigenvalue weighted by atomic mass is 19.1. The molecule has 0 radical (unpaired) electrons. The summed E-state index contributed by atoms with van der Waals surface area (Å²) in [6.45, 7) is 10.1. The number of rotatable bonds is 12. The third-order valence-electron chi connectivity index (χ3n) is 12.0. The first-order chi connectivity index (χ1) is 27.3. The molecular weight excluding hydrogens is 734 g/mol. The number of para-hydroxylation sites is 1. The van der Waals surface area contributed by atoms with Gasteiger partial charge in [0.2, 0.25) is 11.8 Å². The van der Waals surface area contributed by atoms with Crippen LogP contribution in [-0.2, 0) is 22.6 Å². The lowest BCUT2D eigenvalue weighted by Gasteiger charge is -2.43. The summed E-state index contributed by atoms with van der Waals surface area (Å²) >= 11 is 0. The van der Waals surface area contributed by atoms with Crippen molar-refractivity contribution >= 4 is 34.3 Å². The van der Waals surface area contributed by atoms with E-state index in [4.69, 9.17) is 4.74 Å². The Morgan fingerprint density at radius 3 is 2.42 bits per heavy atom. The predicted molar refractivity (Wildman–Crippen MR) is 212 cm³/mol. The highest BCUT2D eigenvalue weighted by Gasteiger charge is 2.42. The van der Waals surface area contributed by atoms with Crippen LogP contribution in [0.4, 0.5) is 18.9 Å². The monoisotopic (exact) mass is 784 g/mol. The molecule has 13 heteroatoms. The number of imide groups is 1. The van der Waals surface area contributed by atoms with E-state index in [2.05, 4.69) is 26.2 Å². The number of carbonyl (C=O) groups excluding carboxylic acids is 3. The van der Waals surface area contributed by atoms with Gasteiger partial charge >= 0.3 is 0 Å². The Hall–Kier alpha value is -4.88. The van der Waals surface area contributed by atoms with Crippen molar-refractivity contribution in [2.45, 2.75) is 89.6 Å². The number of anilines is 1. The summed E-state index contributed by atoms with van der Waals surface area (Å²) in [5, 5.41) is 3.37. The number of unbranched alkanes of at least 4 members (excludes halogenated alkanes) is 2. The lowest BCUT2D eigenvalue weighted by Crippen LogP contribution is -2.52. The zero-order chi connectivity index (χ0) is 40.0. The molecule has 1 unspecified atom stereocenters. The van der Waals surface area contributed by atoms with E-state index in [9.17, 15) is 14.4 Å². The highest BCUT2D eigenvalue weighted by molar-refractivity contribution is 6.05. The zero-order valence-corrected chi connectivity index (χ0v) is 32.9. The van der Waals surface area contributed by atoms with Gasteiger partial charge < -0.3 is 19.5 Å². The molecule has 4 aliphatic heterocycles. The van der Waals surface area contributed by atoms with Gasteiger partial charge in [-0.05, 0) is 94.8 Å². The molecule has 8 rings (SSSR count). The summed E-state index contributed by atoms with van der Waals surface area (Å²) in [5.74, 6) is -2.15. The van der Waals surface area contributed by atoms with Crippen molar-refractivity contribution in [2.24, 2.45) is 0 Å². The van der Waals surface area contributed by atoms with Crippen LogP contribution in [0.25, 0.3) is 10.9 Å². The van der Waals surface area contributed by atoms with Crippen molar-refractivity contribution in [2.75, 3.05) is 50.8 Å². The average Bonchev–Trinajstić information content (AvgIpc) is 3.70. The second-order valence-corrected chi connectivity index (χ2v) is 16.7. The first-order valence-electron chi connectivity index (χ1n) is 20.3. The molecule has 57 heavy (non-hydrogen) atoms. The Morgan fingerprint density at radius 1 is 0.930 bits per heavy atom. The van der Waals surface area contributed by atoms with Crippen LogP contribution < -0.4 is 15.0 Å². The normalized spacial score (nSPS) is 21.9. The van der Waals surface area contributed by atoms with E-state index in [0.717, 1.165) is 79.7 Å². The fourth-order valence-corrected chi connectivity index (χ4v) is 9.20. The molecule has 3 aromatic carbocycles. The fourth-order valence-electron chi connectivity index (χ4n) is 9.20. The number of H-pyrrole nitrogens is 1. The van der Waals surface area contributed by atoms with Crippen LogP contribution in [0.1, 0.15) is 91.7 Å². The molecule has 1 aromatic heterocycles. The molecule has 10 nitrogen and oxygen atoms in total. The number of alkyl halides is 1. The fraction of sp³-hybridized carbons (Fsp3) is 0.477. The number of fused-ring (bicyclic) bond motifs is 4. The van der Waals surface area contributed by atoms with Crippen molar-refractivity contribution in [3.63, 3.8) is 0 Å². The summed E-state index contributed by atoms with van der Waals surface area (Å²) in [6, 6.07) is 14.6. The number of nitrogens with zero attached hydrogens (tertiary/aromatic N) is 4. The number of aromatic amines is 1. The summed E-state index contributed by atoms with van der Waals surface area (Å²) in [4.78, 5) is 48.7. The number of amides is 3. The van der Waals surface area contributed by atoms with Crippen molar-refractivity contribution in [3.8, 4) is 5.75 Å². The third kappa shape index (κ3) is 8.01. The molecule has 302 valence electrons. The smallest absolute Gasteiger partial charge is 0.255 e. The molecule has 4 aliphatic rings. The number of piperidine rings is 1. The number of halogens is 3. The highest BCUT2D eigenvalue weighted by Crippen LogP contribution is 2.44. The Morgan fingerprint density at radius 2 is 1.68 bits per heavy atom. The number of hydrogen-bond donors (Lipinski definition) is 2. The minimum Gasteiger partial charge on any atom is -0.493 e. The summed E-state index contributed by atoms with van der Waals surface area (Å²) in [5.41, 5.74) is 3.50. The van der Waals surface area contributed by atoms with E-state index in [-0.39, 0.29) is 42.1 Å². The topological polar surface area (TPSA) is 101 Å². The van der Waals surface area contributed by atoms with Gasteiger partial charge in [-0.1, -0.05) is 18.2 Å². The molecule has 2 saturated heterocycles. The van der Waals surface area contributed by atoms with Gasteiger partial charge in [0.15, 0.2) is 0 Å². The second-order valence-electron chi connectivity index (χ2n) is 16.7. The van der Waals surface area contributed by atoms with Gasteiger partial charge in [0, 0.05) is 97.3 Å². The van der Waals surface area contributed by atoms with Crippen molar-refractivity contribution in [1.29, 1.82) is 0 Å². The number of benzene rings is 3. The van der Waals surface area contributed by atoms with Crippen LogP contribution >= 0.6 is 0 Å². The predicted octanol–water partition coefficient (Wildman–Crippen LogP) is 6.66. The van der Waals surface area contributed by atoms with E-state index in [1.807, 2.05) is 48.2 Å². The van der Waals surface area contributed by atoms with Crippen molar-refractivity contribution < 1.29 is 32.3 Å². The Kier molecular flexibility index (Phi) is 10.8. The summed E-state index contributed by atoms with van der Waals surface area (Å²) < 4.78 is 53.0. The van der Waals surface area contributed by atoms with Gasteiger partial charge in [-0.2, -0.15) is 0 Å². The van der Waals surface area contributed by atoms with Crippen LogP contribution in [0.5, 0.6) is 5.75 Å². The Bertz CT molecular complexity index is 2150. The van der Waals surface area contributed by atoms with Gasteiger partial charge in [-0.25, -0.2) is 13.2 Å². The van der Waals surface area contributed by atoms with Crippen LogP contribution in [0.15, 0.2) is 54.6 Å². The molecule has 3 amide bonds. The van der Waals surface area contributed by atoms with Gasteiger partial charge in [-0.3, -0.25) is 29.5 Å². The van der Waals surface area contributed by atoms with Gasteiger partial charge in [0.1, 0.15) is 29.1 Å². The van der Waals surface area contributed by atoms with Crippen molar-refractivity contribution in [1.82, 2.24) is 25.0 Å². The average molecular weight is 785 g/mol. The molecule has 0 saturated carbocycles. The molecule has 3 atom stereocenters. The molecule has 2 fully saturated rings. The van der Waals surface area contributed by atoms with Gasteiger partial charge in [0.25, 0.3) is 5.91 Å². The maximum Gasteiger partial charge on any atom is 0.255 e. The van der Waals surface area contributed by atoms with E-state index < -0.39 is 35.3 Å². The maximum atomic E-state index is 16.0. The number of nitrogens with one attached hydrogen (secondary N) is 2. The molecule has 2 N–H and O–H groups in total. The first kappa shape index (κ1) is 39.0. The second kappa shape index (κ2) is 15.8. The number of hydrogen-bond acceptors (Lipinski definition) is 7. The van der Waals surface area contributed by atoms with Crippen LogP contribution in [0.2, 0.25) is 0 Å². The first-order valence-corrected chi connectivity index (χ1v) is 20.3. The van der Waals surface area contributed by atoms with Crippen molar-refractivity contribution in [3.05, 3.63) is 94.2 Å². The zero-order valence-electron chi connectivity index (χ0n) is 32.9. The minimum atomic E-state index is -1.57. The number of carbonyl (C=O) groups is 3. The SMILES string of the molecule is C[C@@H]1Cc2c([nH]c3ccccc23)[C@@H](c2c(F)cc(OCCCCCN3CCN(c4ccc5c(c4)CN(C4CCC(=O)NC4=O)C5=O)CC3)cc2F)N1CC(C)(C)F. The molecule has 4 aromatic rings. The number of piperazine rings is 1. The van der Waals surface area contributed by atoms with E-state index >= 15 is 13.2 Å². The largest absolute Gasteiger partial charge is 0.493 e. The lowest BCUT2D eigenvalue weighted by atomic mass is 9.87. The molecule has 5 heterocycles. The van der Waals surface area contributed by atoms with E-state index in [1.165, 1.54) is 26.0 Å². The quantitative estimate of drug-likeness (QED) is 0.123. The van der Waals surface area contributed by atoms with E-state index in [1.54, 1.807) is 4.90 Å². The molecular formula is C44H51F3N6O4. The number of aromatic nitrogens is 1. The Balaban J connectivity index is 0.816. The number of ether oxygens (including phenoxy) is 1. The van der Waals surface area contributed by atoms with Gasteiger partial charge in [0.05, 0.1) is 12.6 Å². The van der Waals surface area contributed by atoms with Gasteiger partial charge in [-0.15, -0.1) is 0 Å². The summed E-state index contributed by atoms with van der Waals surface area (Å²) in [6.07, 6.45) is 3.83. The summed E-state index contributed by atoms with van der Waals surface area (Å²) in [7, 11) is 0. The molecule has 0 spiro atoms. The van der Waals surface area contributed by atoms with Crippen LogP contribution in [0, 0.1) is 11.6 Å². The lowest BCUT2D eigenvalue weighted by molar-refractivity contribution is -0.136. The van der Waals surface area contributed by atoms with Crippen LogP contribution in [0.3, 0.4) is 0 Å². The maximum absolute atomic E-state index is 16.0. The standard InChI is InChI=1S/C44H51F3N6O4/c1-27-21-33-32-9-5-6-10-36(32)48-40(33)41(53(27)26-44(2,3)47)39-34(45)23-30(24-35(39)46)57-20-8-4-7-15-50-16-18-51(19-17-50)29-11-12-31-28(22-29)25-52(43(31)56)37-13-14-38(54)49-42(37)55/h5-6,9-12,22-24,27,37,41,48H,4,7-8,13-21,25-26H2,1-3H3,(H,49,54,55)/t27-,37?,41-/m1/s1. The third-order valence-corrected chi connectivity index (χ3v) is 12.0. The minimum absolute atomic E-state index is 0.0207. The van der Waals surface area contributed by atoms with Crippen LogP contribution in [-0.4, -0.2) is 101 Å². The molecule has 0 bridgehead atoms.